The number of rotatable bonds is 8. The summed E-state index contributed by atoms with van der Waals surface area (Å²) >= 11 is 0. The standard InChI is InChI=1S/C14H18N4O3/c1-2-21-14(20)12(8-15)13(17-6-7-19)18-10-11-4-3-5-16-9-11/h3-5,9,17-19H,2,6-7,10H2,1H3. The van der Waals surface area contributed by atoms with Crippen molar-refractivity contribution in [3.8, 4) is 6.07 Å². The minimum Gasteiger partial charge on any atom is -0.462 e. The van der Waals surface area contributed by atoms with Crippen LogP contribution in [0.5, 0.6) is 0 Å². The fourth-order valence-electron chi connectivity index (χ4n) is 1.52. The van der Waals surface area contributed by atoms with E-state index in [4.69, 9.17) is 15.1 Å². The number of ether oxygens (including phenoxy) is 1. The van der Waals surface area contributed by atoms with Crippen molar-refractivity contribution in [3.63, 3.8) is 0 Å². The van der Waals surface area contributed by atoms with Gasteiger partial charge < -0.3 is 20.5 Å². The molecule has 0 unspecified atom stereocenters. The van der Waals surface area contributed by atoms with Gasteiger partial charge in [-0.15, -0.1) is 0 Å². The highest BCUT2D eigenvalue weighted by atomic mass is 16.5. The molecule has 0 saturated heterocycles. The van der Waals surface area contributed by atoms with Crippen molar-refractivity contribution in [2.45, 2.75) is 13.5 Å². The minimum absolute atomic E-state index is 0.125. The summed E-state index contributed by atoms with van der Waals surface area (Å²) in [5.74, 6) is -0.479. The molecule has 0 amide bonds. The van der Waals surface area contributed by atoms with Gasteiger partial charge in [-0.1, -0.05) is 6.07 Å². The molecule has 1 heterocycles. The van der Waals surface area contributed by atoms with Gasteiger partial charge in [-0.05, 0) is 18.6 Å². The molecule has 0 aromatic carbocycles. The van der Waals surface area contributed by atoms with E-state index in [9.17, 15) is 4.79 Å². The third-order valence-corrected chi connectivity index (χ3v) is 2.45. The highest BCUT2D eigenvalue weighted by Crippen LogP contribution is 2.03. The zero-order valence-electron chi connectivity index (χ0n) is 11.8. The van der Waals surface area contributed by atoms with Crippen LogP contribution >= 0.6 is 0 Å². The van der Waals surface area contributed by atoms with E-state index in [0.717, 1.165) is 5.56 Å². The largest absolute Gasteiger partial charge is 0.462 e. The predicted molar refractivity (Wildman–Crippen MR) is 75.4 cm³/mol. The minimum atomic E-state index is -0.709. The molecule has 112 valence electrons. The van der Waals surface area contributed by atoms with E-state index in [1.807, 2.05) is 12.1 Å². The fraction of sp³-hybridized carbons (Fsp3) is 0.357. The molecule has 1 aromatic heterocycles. The Labute approximate surface area is 123 Å². The molecule has 0 aliphatic heterocycles. The van der Waals surface area contributed by atoms with Gasteiger partial charge in [0.25, 0.3) is 0 Å². The molecule has 1 rings (SSSR count). The average Bonchev–Trinajstić information content (AvgIpc) is 2.51. The Kier molecular flexibility index (Phi) is 7.32. The third-order valence-electron chi connectivity index (χ3n) is 2.45. The van der Waals surface area contributed by atoms with Gasteiger partial charge in [0.05, 0.1) is 13.2 Å². The predicted octanol–water partition coefficient (Wildman–Crippen LogP) is 0.0514. The Hall–Kier alpha value is -2.59. The van der Waals surface area contributed by atoms with Crippen molar-refractivity contribution in [1.82, 2.24) is 15.6 Å². The number of hydrogen-bond donors (Lipinski definition) is 3. The number of pyridine rings is 1. The van der Waals surface area contributed by atoms with Crippen molar-refractivity contribution in [3.05, 3.63) is 41.5 Å². The van der Waals surface area contributed by atoms with Gasteiger partial charge in [-0.3, -0.25) is 4.98 Å². The lowest BCUT2D eigenvalue weighted by Crippen LogP contribution is -2.31. The van der Waals surface area contributed by atoms with Crippen LogP contribution in [0.4, 0.5) is 0 Å². The number of aromatic nitrogens is 1. The van der Waals surface area contributed by atoms with Gasteiger partial charge in [0.15, 0.2) is 5.57 Å². The van der Waals surface area contributed by atoms with Crippen LogP contribution in [0.1, 0.15) is 12.5 Å². The van der Waals surface area contributed by atoms with Crippen LogP contribution < -0.4 is 10.6 Å². The highest BCUT2D eigenvalue weighted by Gasteiger charge is 2.16. The Bertz CT molecular complexity index is 523. The number of esters is 1. The summed E-state index contributed by atoms with van der Waals surface area (Å²) in [5.41, 5.74) is 0.733. The van der Waals surface area contributed by atoms with Gasteiger partial charge in [0.2, 0.25) is 0 Å². The van der Waals surface area contributed by atoms with E-state index in [0.29, 0.717) is 6.54 Å². The SMILES string of the molecule is CCOC(=O)C(C#N)=C(NCCO)NCc1cccnc1. The molecule has 3 N–H and O–H groups in total. The maximum atomic E-state index is 11.7. The van der Waals surface area contributed by atoms with Crippen molar-refractivity contribution in [1.29, 1.82) is 5.26 Å². The molecule has 21 heavy (non-hydrogen) atoms. The summed E-state index contributed by atoms with van der Waals surface area (Å²) < 4.78 is 4.83. The van der Waals surface area contributed by atoms with Crippen LogP contribution in [-0.4, -0.2) is 35.8 Å². The summed E-state index contributed by atoms with van der Waals surface area (Å²) in [5, 5.41) is 23.8. The molecule has 0 radical (unpaired) electrons. The van der Waals surface area contributed by atoms with Crippen molar-refractivity contribution >= 4 is 5.97 Å². The van der Waals surface area contributed by atoms with Gasteiger partial charge >= 0.3 is 5.97 Å². The number of carbonyl (C=O) groups excluding carboxylic acids is 1. The molecule has 0 saturated carbocycles. The average molecular weight is 290 g/mol. The molecule has 0 aliphatic rings. The van der Waals surface area contributed by atoms with Crippen molar-refractivity contribution in [2.24, 2.45) is 0 Å². The van der Waals surface area contributed by atoms with E-state index in [1.54, 1.807) is 25.4 Å². The Morgan fingerprint density at radius 1 is 1.52 bits per heavy atom. The van der Waals surface area contributed by atoms with Crippen LogP contribution in [0.15, 0.2) is 35.9 Å². The van der Waals surface area contributed by atoms with Crippen LogP contribution in [0, 0.1) is 11.3 Å². The summed E-state index contributed by atoms with van der Waals surface area (Å²) in [6.45, 7) is 2.31. The molecule has 0 bridgehead atoms. The number of carbonyl (C=O) groups is 1. The summed E-state index contributed by atoms with van der Waals surface area (Å²) in [6.07, 6.45) is 3.33. The number of nitrogens with zero attached hydrogens (tertiary/aromatic N) is 2. The highest BCUT2D eigenvalue weighted by molar-refractivity contribution is 5.93. The Morgan fingerprint density at radius 2 is 2.33 bits per heavy atom. The lowest BCUT2D eigenvalue weighted by atomic mass is 10.2. The lowest BCUT2D eigenvalue weighted by Gasteiger charge is -2.14. The lowest BCUT2D eigenvalue weighted by molar-refractivity contribution is -0.138. The Balaban J connectivity index is 2.87. The number of aliphatic hydroxyl groups excluding tert-OH is 1. The van der Waals surface area contributed by atoms with Gasteiger partial charge in [-0.2, -0.15) is 5.26 Å². The second kappa shape index (κ2) is 9.34. The topological polar surface area (TPSA) is 107 Å². The van der Waals surface area contributed by atoms with Crippen LogP contribution in [-0.2, 0) is 16.1 Å². The van der Waals surface area contributed by atoms with E-state index in [-0.39, 0.29) is 31.2 Å². The molecule has 0 fully saturated rings. The first kappa shape index (κ1) is 16.5. The monoisotopic (exact) mass is 290 g/mol. The zero-order valence-corrected chi connectivity index (χ0v) is 11.8. The quantitative estimate of drug-likeness (QED) is 0.353. The second-order valence-corrected chi connectivity index (χ2v) is 3.95. The van der Waals surface area contributed by atoms with E-state index >= 15 is 0 Å². The molecule has 7 nitrogen and oxygen atoms in total. The fourth-order valence-corrected chi connectivity index (χ4v) is 1.52. The Morgan fingerprint density at radius 3 is 2.90 bits per heavy atom. The molecule has 0 spiro atoms. The number of nitriles is 1. The molecule has 7 heteroatoms. The zero-order chi connectivity index (χ0) is 15.5. The maximum absolute atomic E-state index is 11.7. The van der Waals surface area contributed by atoms with Crippen LogP contribution in [0.25, 0.3) is 0 Å². The smallest absolute Gasteiger partial charge is 0.352 e. The molecular weight excluding hydrogens is 272 g/mol. The maximum Gasteiger partial charge on any atom is 0.352 e. The van der Waals surface area contributed by atoms with Crippen molar-refractivity contribution < 1.29 is 14.6 Å². The number of aliphatic hydroxyl groups is 1. The van der Waals surface area contributed by atoms with E-state index < -0.39 is 5.97 Å². The van der Waals surface area contributed by atoms with Crippen molar-refractivity contribution in [2.75, 3.05) is 19.8 Å². The molecule has 0 aliphatic carbocycles. The third kappa shape index (κ3) is 5.50. The van der Waals surface area contributed by atoms with Gasteiger partial charge in [0, 0.05) is 25.5 Å². The number of hydrogen-bond acceptors (Lipinski definition) is 7. The van der Waals surface area contributed by atoms with Crippen LogP contribution in [0.2, 0.25) is 0 Å². The van der Waals surface area contributed by atoms with Crippen LogP contribution in [0.3, 0.4) is 0 Å². The molecule has 0 atom stereocenters. The molecule has 1 aromatic rings. The first-order chi connectivity index (χ1) is 10.2. The second-order valence-electron chi connectivity index (χ2n) is 3.95. The molecular formula is C14H18N4O3. The number of nitrogens with one attached hydrogen (secondary N) is 2. The van der Waals surface area contributed by atoms with E-state index in [1.165, 1.54) is 0 Å². The first-order valence-electron chi connectivity index (χ1n) is 6.51. The normalized spacial score (nSPS) is 11.1. The first-order valence-corrected chi connectivity index (χ1v) is 6.51. The summed E-state index contributed by atoms with van der Waals surface area (Å²) in [6, 6.07) is 5.47. The summed E-state index contributed by atoms with van der Waals surface area (Å²) in [4.78, 5) is 15.7. The van der Waals surface area contributed by atoms with E-state index in [2.05, 4.69) is 15.6 Å². The summed E-state index contributed by atoms with van der Waals surface area (Å²) in [7, 11) is 0. The van der Waals surface area contributed by atoms with Gasteiger partial charge in [-0.25, -0.2) is 4.79 Å². The van der Waals surface area contributed by atoms with Gasteiger partial charge in [0.1, 0.15) is 11.9 Å².